The number of ether oxygens (including phenoxy) is 1. The SMILES string of the molecule is COC(=O)c1cnc2c(c1)\C=C/C=C\C=C/2. The molecule has 0 amide bonds. The minimum atomic E-state index is -0.370. The number of fused-ring (bicyclic) bond motifs is 1. The predicted octanol–water partition coefficient (Wildman–Crippen LogP) is 2.46. The van der Waals surface area contributed by atoms with Gasteiger partial charge in [0.1, 0.15) is 0 Å². The summed E-state index contributed by atoms with van der Waals surface area (Å²) in [6, 6.07) is 1.77. The fraction of sp³-hybridized carbons (Fsp3) is 0.0769. The molecule has 1 aliphatic rings. The third-order valence-corrected chi connectivity index (χ3v) is 2.23. The van der Waals surface area contributed by atoms with E-state index in [2.05, 4.69) is 9.72 Å². The van der Waals surface area contributed by atoms with Gasteiger partial charge in [-0.1, -0.05) is 30.4 Å². The van der Waals surface area contributed by atoms with Crippen molar-refractivity contribution in [2.45, 2.75) is 0 Å². The van der Waals surface area contributed by atoms with E-state index in [9.17, 15) is 4.79 Å². The van der Waals surface area contributed by atoms with Gasteiger partial charge in [-0.05, 0) is 12.1 Å². The maximum Gasteiger partial charge on any atom is 0.339 e. The van der Waals surface area contributed by atoms with E-state index in [0.29, 0.717) is 5.56 Å². The van der Waals surface area contributed by atoms with Gasteiger partial charge in [-0.3, -0.25) is 4.98 Å². The Kier molecular flexibility index (Phi) is 2.96. The smallest absolute Gasteiger partial charge is 0.339 e. The summed E-state index contributed by atoms with van der Waals surface area (Å²) < 4.78 is 4.65. The number of pyridine rings is 1. The fourth-order valence-electron chi connectivity index (χ4n) is 1.43. The Balaban J connectivity index is 2.46. The van der Waals surface area contributed by atoms with Gasteiger partial charge in [0.05, 0.1) is 18.4 Å². The van der Waals surface area contributed by atoms with Crippen LogP contribution >= 0.6 is 0 Å². The number of carbonyl (C=O) groups excluding carboxylic acids is 1. The number of aromatic nitrogens is 1. The van der Waals surface area contributed by atoms with Crippen LogP contribution in [0.5, 0.6) is 0 Å². The second-order valence-corrected chi connectivity index (χ2v) is 3.29. The first kappa shape index (κ1) is 10.4. The van der Waals surface area contributed by atoms with Crippen LogP contribution in [0, 0.1) is 0 Å². The molecule has 1 aliphatic carbocycles. The molecule has 0 aromatic carbocycles. The molecule has 1 aromatic heterocycles. The average molecular weight is 213 g/mol. The molecule has 2 rings (SSSR count). The Hall–Kier alpha value is -2.16. The highest BCUT2D eigenvalue weighted by molar-refractivity contribution is 5.90. The van der Waals surface area contributed by atoms with Crippen molar-refractivity contribution in [3.63, 3.8) is 0 Å². The number of methoxy groups -OCH3 is 1. The van der Waals surface area contributed by atoms with Crippen molar-refractivity contribution < 1.29 is 9.53 Å². The zero-order valence-electron chi connectivity index (χ0n) is 8.88. The molecule has 80 valence electrons. The zero-order valence-corrected chi connectivity index (χ0v) is 8.88. The minimum Gasteiger partial charge on any atom is -0.465 e. The Morgan fingerprint density at radius 1 is 1.19 bits per heavy atom. The van der Waals surface area contributed by atoms with Crippen molar-refractivity contribution in [3.8, 4) is 0 Å². The molecule has 0 atom stereocenters. The van der Waals surface area contributed by atoms with E-state index in [1.54, 1.807) is 6.07 Å². The third kappa shape index (κ3) is 2.08. The minimum absolute atomic E-state index is 0.370. The molecule has 0 spiro atoms. The molecule has 0 N–H and O–H groups in total. The highest BCUT2D eigenvalue weighted by Crippen LogP contribution is 2.15. The summed E-state index contributed by atoms with van der Waals surface area (Å²) >= 11 is 0. The zero-order chi connectivity index (χ0) is 11.4. The first-order chi connectivity index (χ1) is 7.81. The molecule has 16 heavy (non-hydrogen) atoms. The van der Waals surface area contributed by atoms with Crippen LogP contribution in [0.3, 0.4) is 0 Å². The molecular weight excluding hydrogens is 202 g/mol. The van der Waals surface area contributed by atoms with Gasteiger partial charge in [-0.2, -0.15) is 0 Å². The van der Waals surface area contributed by atoms with Crippen LogP contribution in [-0.4, -0.2) is 18.1 Å². The van der Waals surface area contributed by atoms with Crippen LogP contribution in [0.1, 0.15) is 21.6 Å². The predicted molar refractivity (Wildman–Crippen MR) is 62.8 cm³/mol. The number of esters is 1. The average Bonchev–Trinajstić information content (AvgIpc) is 2.28. The topological polar surface area (TPSA) is 39.2 Å². The van der Waals surface area contributed by atoms with Crippen LogP contribution in [0.4, 0.5) is 0 Å². The van der Waals surface area contributed by atoms with E-state index in [-0.39, 0.29) is 5.97 Å². The molecule has 1 aromatic rings. The van der Waals surface area contributed by atoms with Crippen molar-refractivity contribution in [2.24, 2.45) is 0 Å². The van der Waals surface area contributed by atoms with Gasteiger partial charge in [0.2, 0.25) is 0 Å². The van der Waals surface area contributed by atoms with Gasteiger partial charge < -0.3 is 4.74 Å². The third-order valence-electron chi connectivity index (χ3n) is 2.23. The molecule has 3 heteroatoms. The standard InChI is InChI=1S/C13H11NO2/c1-16-13(15)11-8-10-6-4-2-3-5-7-12(10)14-9-11/h2-9H,1H3/b3-2-,4-2?,5-3?,6-4-,7-5-,10-6?,12-7?. The van der Waals surface area contributed by atoms with Crippen molar-refractivity contribution in [1.82, 2.24) is 4.98 Å². The summed E-state index contributed by atoms with van der Waals surface area (Å²) in [7, 11) is 1.36. The van der Waals surface area contributed by atoms with E-state index < -0.39 is 0 Å². The molecule has 0 aliphatic heterocycles. The maximum absolute atomic E-state index is 11.3. The quantitative estimate of drug-likeness (QED) is 0.673. The lowest BCUT2D eigenvalue weighted by atomic mass is 10.1. The molecule has 0 saturated heterocycles. The normalized spacial score (nSPS) is 18.8. The Labute approximate surface area is 93.8 Å². The lowest BCUT2D eigenvalue weighted by Gasteiger charge is -2.04. The van der Waals surface area contributed by atoms with E-state index in [1.165, 1.54) is 13.3 Å². The van der Waals surface area contributed by atoms with Gasteiger partial charge in [0.25, 0.3) is 0 Å². The number of nitrogens with zero attached hydrogens (tertiary/aromatic N) is 1. The van der Waals surface area contributed by atoms with E-state index in [1.807, 2.05) is 36.5 Å². The van der Waals surface area contributed by atoms with Crippen molar-refractivity contribution in [3.05, 3.63) is 53.4 Å². The van der Waals surface area contributed by atoms with Crippen LogP contribution < -0.4 is 0 Å². The summed E-state index contributed by atoms with van der Waals surface area (Å²) in [4.78, 5) is 15.6. The van der Waals surface area contributed by atoms with E-state index in [4.69, 9.17) is 0 Å². The van der Waals surface area contributed by atoms with Crippen LogP contribution in [0.25, 0.3) is 12.2 Å². The van der Waals surface area contributed by atoms with E-state index in [0.717, 1.165) is 11.3 Å². The summed E-state index contributed by atoms with van der Waals surface area (Å²) in [5.74, 6) is -0.370. The lowest BCUT2D eigenvalue weighted by Crippen LogP contribution is -2.03. The first-order valence-corrected chi connectivity index (χ1v) is 4.91. The molecule has 0 bridgehead atoms. The summed E-state index contributed by atoms with van der Waals surface area (Å²) in [6.07, 6.45) is 13.0. The lowest BCUT2D eigenvalue weighted by molar-refractivity contribution is 0.0600. The van der Waals surface area contributed by atoms with Crippen LogP contribution in [-0.2, 0) is 4.74 Å². The molecule has 0 radical (unpaired) electrons. The van der Waals surface area contributed by atoms with E-state index >= 15 is 0 Å². The number of hydrogen-bond donors (Lipinski definition) is 0. The Bertz CT molecular complexity index is 499. The van der Waals surface area contributed by atoms with Crippen molar-refractivity contribution in [1.29, 1.82) is 0 Å². The Morgan fingerprint density at radius 3 is 2.69 bits per heavy atom. The van der Waals surface area contributed by atoms with Crippen LogP contribution in [0.15, 0.2) is 36.6 Å². The highest BCUT2D eigenvalue weighted by atomic mass is 16.5. The molecule has 0 fully saturated rings. The molecular formula is C13H11NO2. The fourth-order valence-corrected chi connectivity index (χ4v) is 1.43. The number of rotatable bonds is 1. The van der Waals surface area contributed by atoms with Gasteiger partial charge in [-0.25, -0.2) is 4.79 Å². The summed E-state index contributed by atoms with van der Waals surface area (Å²) in [6.45, 7) is 0. The molecule has 0 unspecified atom stereocenters. The summed E-state index contributed by atoms with van der Waals surface area (Å²) in [5.41, 5.74) is 2.21. The van der Waals surface area contributed by atoms with Gasteiger partial charge in [0, 0.05) is 11.8 Å². The van der Waals surface area contributed by atoms with Gasteiger partial charge in [0.15, 0.2) is 0 Å². The summed E-state index contributed by atoms with van der Waals surface area (Å²) in [5, 5.41) is 0. The monoisotopic (exact) mass is 213 g/mol. The molecule has 1 heterocycles. The number of carbonyl (C=O) groups is 1. The van der Waals surface area contributed by atoms with Gasteiger partial charge >= 0.3 is 5.97 Å². The second kappa shape index (κ2) is 4.57. The molecule has 3 nitrogen and oxygen atoms in total. The first-order valence-electron chi connectivity index (χ1n) is 4.91. The van der Waals surface area contributed by atoms with Crippen LogP contribution in [0.2, 0.25) is 0 Å². The number of hydrogen-bond acceptors (Lipinski definition) is 3. The number of allylic oxidation sites excluding steroid dienone is 4. The van der Waals surface area contributed by atoms with Gasteiger partial charge in [-0.15, -0.1) is 0 Å². The van der Waals surface area contributed by atoms with Crippen molar-refractivity contribution >= 4 is 18.1 Å². The largest absolute Gasteiger partial charge is 0.465 e. The van der Waals surface area contributed by atoms with Crippen molar-refractivity contribution in [2.75, 3.05) is 7.11 Å². The second-order valence-electron chi connectivity index (χ2n) is 3.29. The highest BCUT2D eigenvalue weighted by Gasteiger charge is 2.08. The maximum atomic E-state index is 11.3. The Morgan fingerprint density at radius 2 is 1.94 bits per heavy atom. The molecule has 0 saturated carbocycles.